The fourth-order valence-corrected chi connectivity index (χ4v) is 4.50. The van der Waals surface area contributed by atoms with Crippen molar-refractivity contribution in [2.75, 3.05) is 30.3 Å². The SMILES string of the molecule is Nc1cccc(SCCS(=O)(=O)N2CC(=O)NC(=O)C2)c1. The van der Waals surface area contributed by atoms with Crippen molar-refractivity contribution in [2.45, 2.75) is 4.90 Å². The third kappa shape index (κ3) is 4.45. The lowest BCUT2D eigenvalue weighted by Crippen LogP contribution is -2.53. The van der Waals surface area contributed by atoms with Crippen LogP contribution in [0.25, 0.3) is 0 Å². The van der Waals surface area contributed by atoms with Gasteiger partial charge in [-0.05, 0) is 18.2 Å². The highest BCUT2D eigenvalue weighted by Gasteiger charge is 2.31. The third-order valence-electron chi connectivity index (χ3n) is 2.78. The van der Waals surface area contributed by atoms with Gasteiger partial charge in [-0.25, -0.2) is 8.42 Å². The highest BCUT2D eigenvalue weighted by atomic mass is 32.2. The summed E-state index contributed by atoms with van der Waals surface area (Å²) in [4.78, 5) is 23.3. The second-order valence-electron chi connectivity index (χ2n) is 4.48. The van der Waals surface area contributed by atoms with Crippen LogP contribution < -0.4 is 11.1 Å². The normalized spacial score (nSPS) is 16.8. The van der Waals surface area contributed by atoms with E-state index in [2.05, 4.69) is 5.32 Å². The molecule has 1 aliphatic rings. The monoisotopic (exact) mass is 329 g/mol. The average molecular weight is 329 g/mol. The lowest BCUT2D eigenvalue weighted by molar-refractivity contribution is -0.134. The lowest BCUT2D eigenvalue weighted by atomic mass is 10.3. The van der Waals surface area contributed by atoms with Gasteiger partial charge in [0.15, 0.2) is 0 Å². The minimum Gasteiger partial charge on any atom is -0.399 e. The fraction of sp³-hybridized carbons (Fsp3) is 0.333. The molecule has 1 aromatic rings. The summed E-state index contributed by atoms with van der Waals surface area (Å²) in [6.07, 6.45) is 0. The molecular formula is C12H15N3O4S2. The van der Waals surface area contributed by atoms with Crippen molar-refractivity contribution in [3.63, 3.8) is 0 Å². The Morgan fingerprint density at radius 2 is 1.90 bits per heavy atom. The Kier molecular flexibility index (Phi) is 4.86. The molecule has 1 saturated heterocycles. The Labute approximate surface area is 126 Å². The molecule has 1 aromatic carbocycles. The van der Waals surface area contributed by atoms with E-state index in [1.54, 1.807) is 18.2 Å². The number of imide groups is 1. The molecule has 0 atom stereocenters. The molecule has 0 radical (unpaired) electrons. The number of amides is 2. The predicted octanol–water partition coefficient (Wildman–Crippen LogP) is -0.351. The molecular weight excluding hydrogens is 314 g/mol. The molecule has 0 aliphatic carbocycles. The van der Waals surface area contributed by atoms with E-state index in [1.165, 1.54) is 11.8 Å². The number of nitrogens with one attached hydrogen (secondary N) is 1. The number of sulfonamides is 1. The molecule has 2 amide bonds. The summed E-state index contributed by atoms with van der Waals surface area (Å²) < 4.78 is 25.1. The van der Waals surface area contributed by atoms with Gasteiger partial charge in [0.2, 0.25) is 21.8 Å². The van der Waals surface area contributed by atoms with E-state index in [4.69, 9.17) is 5.73 Å². The molecule has 9 heteroatoms. The third-order valence-corrected chi connectivity index (χ3v) is 5.80. The molecule has 3 N–H and O–H groups in total. The van der Waals surface area contributed by atoms with Gasteiger partial charge in [0.25, 0.3) is 0 Å². The zero-order valence-corrected chi connectivity index (χ0v) is 12.7. The quantitative estimate of drug-likeness (QED) is 0.434. The zero-order chi connectivity index (χ0) is 15.5. The van der Waals surface area contributed by atoms with Gasteiger partial charge >= 0.3 is 0 Å². The number of piperazine rings is 1. The van der Waals surface area contributed by atoms with Crippen LogP contribution in [0.1, 0.15) is 0 Å². The maximum atomic E-state index is 12.1. The van der Waals surface area contributed by atoms with E-state index in [0.717, 1.165) is 9.20 Å². The number of rotatable bonds is 5. The van der Waals surface area contributed by atoms with Crippen LogP contribution in [0.15, 0.2) is 29.2 Å². The first-order chi connectivity index (χ1) is 9.87. The van der Waals surface area contributed by atoms with Crippen LogP contribution in [0.2, 0.25) is 0 Å². The van der Waals surface area contributed by atoms with Gasteiger partial charge in [-0.2, -0.15) is 4.31 Å². The van der Waals surface area contributed by atoms with Gasteiger partial charge in [-0.15, -0.1) is 11.8 Å². The molecule has 7 nitrogen and oxygen atoms in total. The fourth-order valence-electron chi connectivity index (χ4n) is 1.81. The number of thioether (sulfide) groups is 1. The molecule has 0 aromatic heterocycles. The number of anilines is 1. The van der Waals surface area contributed by atoms with Gasteiger partial charge in [0.05, 0.1) is 18.8 Å². The van der Waals surface area contributed by atoms with E-state index >= 15 is 0 Å². The van der Waals surface area contributed by atoms with E-state index in [1.807, 2.05) is 6.07 Å². The van der Waals surface area contributed by atoms with Crippen molar-refractivity contribution in [2.24, 2.45) is 0 Å². The summed E-state index contributed by atoms with van der Waals surface area (Å²) in [6, 6.07) is 7.14. The van der Waals surface area contributed by atoms with Crippen LogP contribution in [0, 0.1) is 0 Å². The number of nitrogen functional groups attached to an aromatic ring is 1. The van der Waals surface area contributed by atoms with Gasteiger partial charge in [0, 0.05) is 16.3 Å². The number of hydrogen-bond acceptors (Lipinski definition) is 6. The van der Waals surface area contributed by atoms with Crippen LogP contribution >= 0.6 is 11.8 Å². The molecule has 114 valence electrons. The zero-order valence-electron chi connectivity index (χ0n) is 11.1. The number of hydrogen-bond donors (Lipinski definition) is 2. The van der Waals surface area contributed by atoms with Crippen LogP contribution in [0.3, 0.4) is 0 Å². The van der Waals surface area contributed by atoms with E-state index in [9.17, 15) is 18.0 Å². The smallest absolute Gasteiger partial charge is 0.241 e. The van der Waals surface area contributed by atoms with E-state index in [0.29, 0.717) is 11.4 Å². The maximum Gasteiger partial charge on any atom is 0.241 e. The van der Waals surface area contributed by atoms with Gasteiger partial charge in [-0.1, -0.05) is 6.07 Å². The second kappa shape index (κ2) is 6.46. The van der Waals surface area contributed by atoms with Gasteiger partial charge in [-0.3, -0.25) is 14.9 Å². The molecule has 21 heavy (non-hydrogen) atoms. The Morgan fingerprint density at radius 1 is 1.24 bits per heavy atom. The predicted molar refractivity (Wildman–Crippen MR) is 80.1 cm³/mol. The molecule has 1 fully saturated rings. The van der Waals surface area contributed by atoms with Crippen molar-refractivity contribution >= 4 is 39.3 Å². The maximum absolute atomic E-state index is 12.1. The Balaban J connectivity index is 1.92. The second-order valence-corrected chi connectivity index (χ2v) is 7.73. The van der Waals surface area contributed by atoms with Crippen LogP contribution in [-0.2, 0) is 19.6 Å². The minimum atomic E-state index is -3.63. The summed E-state index contributed by atoms with van der Waals surface area (Å²) in [5, 5.41) is 2.07. The van der Waals surface area contributed by atoms with Crippen molar-refractivity contribution in [3.8, 4) is 0 Å². The van der Waals surface area contributed by atoms with Crippen LogP contribution in [-0.4, -0.2) is 49.1 Å². The minimum absolute atomic E-state index is 0.146. The molecule has 2 rings (SSSR count). The van der Waals surface area contributed by atoms with E-state index < -0.39 is 21.8 Å². The first-order valence-electron chi connectivity index (χ1n) is 6.16. The van der Waals surface area contributed by atoms with Crippen molar-refractivity contribution in [1.29, 1.82) is 0 Å². The molecule has 0 spiro atoms. The number of carbonyl (C=O) groups is 2. The summed E-state index contributed by atoms with van der Waals surface area (Å²) in [5.74, 6) is -1.03. The average Bonchev–Trinajstić information content (AvgIpc) is 2.37. The first kappa shape index (κ1) is 15.8. The van der Waals surface area contributed by atoms with Crippen molar-refractivity contribution in [1.82, 2.24) is 9.62 Å². The molecule has 1 heterocycles. The Bertz CT molecular complexity index is 644. The lowest BCUT2D eigenvalue weighted by Gasteiger charge is -2.24. The standard InChI is InChI=1S/C12H15N3O4S2/c13-9-2-1-3-10(6-9)20-4-5-21(18,19)15-7-11(16)14-12(17)8-15/h1-3,6H,4-5,7-8,13H2,(H,14,16,17). The van der Waals surface area contributed by atoms with Gasteiger partial charge in [0.1, 0.15) is 0 Å². The molecule has 1 aliphatic heterocycles. The topological polar surface area (TPSA) is 110 Å². The molecule has 0 saturated carbocycles. The van der Waals surface area contributed by atoms with E-state index in [-0.39, 0.29) is 18.8 Å². The number of benzene rings is 1. The summed E-state index contributed by atoms with van der Waals surface area (Å²) in [7, 11) is -3.63. The van der Waals surface area contributed by atoms with Gasteiger partial charge < -0.3 is 5.73 Å². The summed E-state index contributed by atoms with van der Waals surface area (Å²) in [5.41, 5.74) is 6.25. The number of nitrogens with zero attached hydrogens (tertiary/aromatic N) is 1. The summed E-state index contributed by atoms with van der Waals surface area (Å²) in [6.45, 7) is -0.617. The number of nitrogens with two attached hydrogens (primary N) is 1. The van der Waals surface area contributed by atoms with Crippen molar-refractivity contribution < 1.29 is 18.0 Å². The van der Waals surface area contributed by atoms with Crippen LogP contribution in [0.5, 0.6) is 0 Å². The van der Waals surface area contributed by atoms with Crippen LogP contribution in [0.4, 0.5) is 5.69 Å². The highest BCUT2D eigenvalue weighted by molar-refractivity contribution is 8.00. The number of carbonyl (C=O) groups excluding carboxylic acids is 2. The molecule has 0 bridgehead atoms. The first-order valence-corrected chi connectivity index (χ1v) is 8.75. The highest BCUT2D eigenvalue weighted by Crippen LogP contribution is 2.20. The largest absolute Gasteiger partial charge is 0.399 e. The van der Waals surface area contributed by atoms with Crippen molar-refractivity contribution in [3.05, 3.63) is 24.3 Å². The molecule has 0 unspecified atom stereocenters. The summed E-state index contributed by atoms with van der Waals surface area (Å²) >= 11 is 1.36. The Morgan fingerprint density at radius 3 is 2.52 bits per heavy atom. The Hall–Kier alpha value is -1.58.